The highest BCUT2D eigenvalue weighted by molar-refractivity contribution is 7.67. The Morgan fingerprint density at radius 2 is 1.33 bits per heavy atom. The van der Waals surface area contributed by atoms with E-state index in [4.69, 9.17) is 29.3 Å². The molecule has 55 heavy (non-hydrogen) atoms. The second-order valence-corrected chi connectivity index (χ2v) is 16.1. The summed E-state index contributed by atoms with van der Waals surface area (Å²) in [6.45, 7) is -1.15. The molecule has 1 aliphatic rings. The number of fused-ring (bicyclic) bond motifs is 1. The van der Waals surface area contributed by atoms with Crippen LogP contribution in [0.5, 0.6) is 0 Å². The van der Waals surface area contributed by atoms with Crippen molar-refractivity contribution in [2.75, 3.05) is 12.3 Å². The van der Waals surface area contributed by atoms with E-state index < -0.39 is 77.7 Å². The van der Waals surface area contributed by atoms with E-state index >= 15 is 0 Å². The van der Waals surface area contributed by atoms with Gasteiger partial charge < -0.3 is 39.9 Å². The minimum absolute atomic E-state index is 0.0194. The second-order valence-electron chi connectivity index (χ2n) is 11.6. The van der Waals surface area contributed by atoms with Crippen molar-refractivity contribution >= 4 is 58.0 Å². The van der Waals surface area contributed by atoms with Gasteiger partial charge in [0.05, 0.1) is 18.5 Å². The van der Waals surface area contributed by atoms with Gasteiger partial charge in [0.15, 0.2) is 29.3 Å². The molecule has 24 heteroatoms. The molecule has 0 saturated carbocycles. The SMILES string of the molecule is Nc1ncnc2c1ncn2[C@@H]1O[C@H](COP(=O)(OC(=O)c2cc(C(=O)c3ccccc3)cc(C(=O)c3ccccc3)c2)OP(=O)(O)OP(=O)(O)O)[C@@H](O)[C@H]1O. The van der Waals surface area contributed by atoms with E-state index in [0.29, 0.717) is 0 Å². The van der Waals surface area contributed by atoms with E-state index in [9.17, 15) is 43.2 Å². The predicted molar refractivity (Wildman–Crippen MR) is 185 cm³/mol. The van der Waals surface area contributed by atoms with Crippen LogP contribution in [0.4, 0.5) is 5.82 Å². The molecule has 1 saturated heterocycles. The van der Waals surface area contributed by atoms with Gasteiger partial charge in [-0.2, -0.15) is 8.62 Å². The second kappa shape index (κ2) is 15.7. The van der Waals surface area contributed by atoms with Gasteiger partial charge in [0.25, 0.3) is 0 Å². The summed E-state index contributed by atoms with van der Waals surface area (Å²) in [5.74, 6) is -3.04. The molecule has 6 rings (SSSR count). The summed E-state index contributed by atoms with van der Waals surface area (Å²) in [6.07, 6.45) is -4.48. The number of carbonyl (C=O) groups excluding carboxylic acids is 3. The standard InChI is InChI=1S/C31H28N5O16P3/c32-28-23-29(34-15-33-28)36(16-35-23)30-27(40)26(39)22(49-30)14-48-55(47,52-54(45,46)51-53(42,43)44)50-31(41)21-12-19(24(37)17-7-3-1-4-8-17)11-20(13-21)25(38)18-9-5-2-6-10-18/h1-13,15-16,22,26-27,30,39-40H,14H2,(H,45,46)(H2,32,33,34)(H2,42,43,44)/t22-,26-,27-,30-,55?/m1/s1. The van der Waals surface area contributed by atoms with Crippen LogP contribution in [0.2, 0.25) is 0 Å². The van der Waals surface area contributed by atoms with Crippen LogP contribution in [-0.4, -0.2) is 86.9 Å². The molecular formula is C31H28N5O16P3. The summed E-state index contributed by atoms with van der Waals surface area (Å²) in [7, 11) is -17.8. The molecule has 0 aliphatic carbocycles. The maximum atomic E-state index is 13.9. The van der Waals surface area contributed by atoms with E-state index in [0.717, 1.165) is 24.8 Å². The van der Waals surface area contributed by atoms with Gasteiger partial charge in [0, 0.05) is 22.3 Å². The molecule has 2 unspecified atom stereocenters. The summed E-state index contributed by atoms with van der Waals surface area (Å²) in [5, 5.41) is 21.6. The van der Waals surface area contributed by atoms with Crippen molar-refractivity contribution < 1.29 is 75.4 Å². The fourth-order valence-corrected chi connectivity index (χ4v) is 8.82. The number of nitrogens with zero attached hydrogens (tertiary/aromatic N) is 4. The third kappa shape index (κ3) is 9.17. The van der Waals surface area contributed by atoms with Gasteiger partial charge in [0.1, 0.15) is 30.2 Å². The molecule has 0 spiro atoms. The quantitative estimate of drug-likeness (QED) is 0.0693. The molecule has 0 bridgehead atoms. The van der Waals surface area contributed by atoms with Crippen molar-refractivity contribution in [3.8, 4) is 0 Å². The lowest BCUT2D eigenvalue weighted by Crippen LogP contribution is -2.33. The monoisotopic (exact) mass is 819 g/mol. The van der Waals surface area contributed by atoms with Crippen LogP contribution in [0.1, 0.15) is 48.4 Å². The van der Waals surface area contributed by atoms with Crippen molar-refractivity contribution in [1.29, 1.82) is 0 Å². The Morgan fingerprint density at radius 1 is 0.764 bits per heavy atom. The minimum atomic E-state index is -6.11. The fraction of sp³-hybridized carbons (Fsp3) is 0.161. The number of aromatic nitrogens is 4. The van der Waals surface area contributed by atoms with Crippen LogP contribution in [-0.2, 0) is 36.1 Å². The van der Waals surface area contributed by atoms with Crippen LogP contribution >= 0.6 is 23.5 Å². The van der Waals surface area contributed by atoms with E-state index in [-0.39, 0.29) is 39.2 Å². The van der Waals surface area contributed by atoms with Crippen molar-refractivity contribution in [2.45, 2.75) is 24.5 Å². The maximum Gasteiger partial charge on any atom is 0.541 e. The number of hydrogen-bond acceptors (Lipinski definition) is 17. The zero-order valence-electron chi connectivity index (χ0n) is 27.6. The minimum Gasteiger partial charge on any atom is -0.387 e. The van der Waals surface area contributed by atoms with Crippen molar-refractivity contribution in [2.24, 2.45) is 0 Å². The van der Waals surface area contributed by atoms with Gasteiger partial charge in [-0.05, 0) is 18.2 Å². The first-order valence-corrected chi connectivity index (χ1v) is 20.0. The number of aliphatic hydroxyl groups excluding tert-OH is 2. The van der Waals surface area contributed by atoms with E-state index in [1.54, 1.807) is 36.4 Å². The first kappa shape index (κ1) is 39.8. The van der Waals surface area contributed by atoms with E-state index in [1.807, 2.05) is 0 Å². The Kier molecular flexibility index (Phi) is 11.4. The summed E-state index contributed by atoms with van der Waals surface area (Å²) in [6, 6.07) is 18.5. The molecule has 288 valence electrons. The predicted octanol–water partition coefficient (Wildman–Crippen LogP) is 2.70. The number of phosphoric acid groups is 3. The number of nitrogens with two attached hydrogens (primary N) is 1. The molecule has 3 aromatic carbocycles. The average Bonchev–Trinajstić information content (AvgIpc) is 3.69. The van der Waals surface area contributed by atoms with E-state index in [1.165, 1.54) is 34.9 Å². The summed E-state index contributed by atoms with van der Waals surface area (Å²) in [5.41, 5.74) is 5.19. The highest BCUT2D eigenvalue weighted by Crippen LogP contribution is 2.68. The number of benzene rings is 3. The third-order valence-corrected chi connectivity index (χ3v) is 11.9. The Bertz CT molecular complexity index is 2340. The first-order valence-electron chi connectivity index (χ1n) is 15.5. The fourth-order valence-electron chi connectivity index (χ4n) is 5.33. The molecule has 1 aliphatic heterocycles. The molecule has 21 nitrogen and oxygen atoms in total. The lowest BCUT2D eigenvalue weighted by molar-refractivity contribution is -0.0507. The van der Waals surface area contributed by atoms with Gasteiger partial charge in [-0.1, -0.05) is 60.7 Å². The molecule has 0 amide bonds. The number of ketones is 2. The number of aliphatic hydroxyl groups is 2. The zero-order valence-corrected chi connectivity index (χ0v) is 30.3. The van der Waals surface area contributed by atoms with Crippen LogP contribution in [0.3, 0.4) is 0 Å². The molecular weight excluding hydrogens is 791 g/mol. The number of imidazole rings is 1. The number of ether oxygens (including phenoxy) is 1. The molecule has 3 heterocycles. The van der Waals surface area contributed by atoms with Crippen molar-refractivity contribution in [3.05, 3.63) is 119 Å². The number of carbonyl (C=O) groups is 3. The molecule has 0 radical (unpaired) electrons. The molecule has 1 fully saturated rings. The molecule has 2 aromatic heterocycles. The number of anilines is 1. The Balaban J connectivity index is 1.31. The topological polar surface area (TPSA) is 319 Å². The number of rotatable bonds is 14. The van der Waals surface area contributed by atoms with E-state index in [2.05, 4.69) is 23.6 Å². The van der Waals surface area contributed by atoms with Gasteiger partial charge >= 0.3 is 29.4 Å². The number of phosphoric ester groups is 1. The zero-order chi connectivity index (χ0) is 39.7. The van der Waals surface area contributed by atoms with Crippen LogP contribution in [0.15, 0.2) is 91.5 Å². The third-order valence-electron chi connectivity index (χ3n) is 7.77. The van der Waals surface area contributed by atoms with Crippen LogP contribution < -0.4 is 5.73 Å². The Labute approximate surface area is 308 Å². The molecule has 7 N–H and O–H groups in total. The maximum absolute atomic E-state index is 13.9. The van der Waals surface area contributed by atoms with Gasteiger partial charge in [0.2, 0.25) is 0 Å². The largest absolute Gasteiger partial charge is 0.541 e. The lowest BCUT2D eigenvalue weighted by atomic mass is 9.95. The Morgan fingerprint density at radius 3 is 1.89 bits per heavy atom. The summed E-state index contributed by atoms with van der Waals surface area (Å²) >= 11 is 0. The summed E-state index contributed by atoms with van der Waals surface area (Å²) in [4.78, 5) is 80.7. The van der Waals surface area contributed by atoms with Gasteiger partial charge in [-0.15, -0.1) is 0 Å². The number of hydrogen-bond donors (Lipinski definition) is 6. The van der Waals surface area contributed by atoms with Crippen molar-refractivity contribution in [1.82, 2.24) is 19.5 Å². The highest BCUT2D eigenvalue weighted by Gasteiger charge is 2.49. The average molecular weight is 820 g/mol. The Hall–Kier alpha value is -4.85. The number of nitrogen functional groups attached to an aromatic ring is 1. The first-order chi connectivity index (χ1) is 25.9. The normalized spacial score (nSPS) is 20.7. The van der Waals surface area contributed by atoms with Crippen LogP contribution in [0, 0.1) is 0 Å². The lowest BCUT2D eigenvalue weighted by Gasteiger charge is -2.22. The smallest absolute Gasteiger partial charge is 0.387 e. The molecule has 6 atom stereocenters. The van der Waals surface area contributed by atoms with Gasteiger partial charge in [-0.25, -0.2) is 33.4 Å². The van der Waals surface area contributed by atoms with Crippen LogP contribution in [0.25, 0.3) is 11.2 Å². The summed E-state index contributed by atoms with van der Waals surface area (Å²) < 4.78 is 62.7. The highest BCUT2D eigenvalue weighted by atomic mass is 31.3. The molecule has 5 aromatic rings. The van der Waals surface area contributed by atoms with Crippen molar-refractivity contribution in [3.63, 3.8) is 0 Å². The van der Waals surface area contributed by atoms with Gasteiger partial charge in [-0.3, -0.25) is 18.7 Å².